The van der Waals surface area contributed by atoms with Crippen LogP contribution in [0.5, 0.6) is 11.8 Å². The lowest BCUT2D eigenvalue weighted by atomic mass is 10.1. The maximum atomic E-state index is 12.6. The largest absolute Gasteiger partial charge is 0.424 e. The zero-order valence-electron chi connectivity index (χ0n) is 17.0. The van der Waals surface area contributed by atoms with E-state index in [1.165, 1.54) is 4.90 Å². The smallest absolute Gasteiger partial charge is 0.321 e. The number of hydrogen-bond donors (Lipinski definition) is 1. The minimum Gasteiger partial charge on any atom is -0.424 e. The summed E-state index contributed by atoms with van der Waals surface area (Å²) in [5.74, 6) is 0.553. The number of carbonyl (C=O) groups is 1. The van der Waals surface area contributed by atoms with Gasteiger partial charge in [0.15, 0.2) is 0 Å². The van der Waals surface area contributed by atoms with Gasteiger partial charge in [-0.3, -0.25) is 4.79 Å². The van der Waals surface area contributed by atoms with E-state index in [2.05, 4.69) is 27.4 Å². The van der Waals surface area contributed by atoms with E-state index in [0.29, 0.717) is 17.9 Å². The molecule has 31 heavy (non-hydrogen) atoms. The molecule has 4 aromatic rings. The van der Waals surface area contributed by atoms with Crippen LogP contribution in [0, 0.1) is 0 Å². The fourth-order valence-electron chi connectivity index (χ4n) is 2.98. The van der Waals surface area contributed by atoms with Crippen LogP contribution in [-0.4, -0.2) is 22.1 Å². The number of aromatic nitrogens is 2. The summed E-state index contributed by atoms with van der Waals surface area (Å²) in [4.78, 5) is 22.4. The third kappa shape index (κ3) is 5.49. The number of thioether (sulfide) groups is 1. The first-order valence-electron chi connectivity index (χ1n) is 9.78. The van der Waals surface area contributed by atoms with Gasteiger partial charge in [0.05, 0.1) is 0 Å². The molecule has 0 saturated heterocycles. The van der Waals surface area contributed by atoms with Crippen molar-refractivity contribution in [3.63, 3.8) is 0 Å². The second-order valence-electron chi connectivity index (χ2n) is 6.78. The summed E-state index contributed by atoms with van der Waals surface area (Å²) in [5, 5.41) is 2.97. The van der Waals surface area contributed by atoms with E-state index in [-0.39, 0.29) is 11.9 Å². The van der Waals surface area contributed by atoms with Gasteiger partial charge in [0, 0.05) is 35.0 Å². The van der Waals surface area contributed by atoms with Crippen molar-refractivity contribution in [1.82, 2.24) is 15.3 Å². The van der Waals surface area contributed by atoms with E-state index in [9.17, 15) is 4.79 Å². The molecule has 6 heteroatoms. The SMILES string of the molecule is CSc1ccc(CNC(=O)c2cccc(-c3cnc(Oc4ccccc4)nc3)c2)cc1. The molecule has 1 aromatic heterocycles. The van der Waals surface area contributed by atoms with Crippen LogP contribution in [0.2, 0.25) is 0 Å². The highest BCUT2D eigenvalue weighted by molar-refractivity contribution is 7.98. The lowest BCUT2D eigenvalue weighted by Gasteiger charge is -2.08. The Hall–Kier alpha value is -3.64. The summed E-state index contributed by atoms with van der Waals surface area (Å²) in [6.45, 7) is 0.479. The van der Waals surface area contributed by atoms with Crippen molar-refractivity contribution in [3.05, 3.63) is 102 Å². The molecule has 0 aliphatic carbocycles. The summed E-state index contributed by atoms with van der Waals surface area (Å²) in [6, 6.07) is 25.2. The maximum absolute atomic E-state index is 12.6. The maximum Gasteiger partial charge on any atom is 0.321 e. The first kappa shape index (κ1) is 20.6. The average molecular weight is 428 g/mol. The van der Waals surface area contributed by atoms with E-state index in [1.807, 2.05) is 66.9 Å². The van der Waals surface area contributed by atoms with E-state index in [4.69, 9.17) is 4.74 Å². The van der Waals surface area contributed by atoms with Crippen LogP contribution in [0.4, 0.5) is 0 Å². The van der Waals surface area contributed by atoms with Gasteiger partial charge in [0.25, 0.3) is 5.91 Å². The number of amides is 1. The monoisotopic (exact) mass is 427 g/mol. The highest BCUT2D eigenvalue weighted by Crippen LogP contribution is 2.22. The predicted octanol–water partition coefficient (Wildman–Crippen LogP) is 5.59. The van der Waals surface area contributed by atoms with Crippen LogP contribution >= 0.6 is 11.8 Å². The Kier molecular flexibility index (Phi) is 6.59. The van der Waals surface area contributed by atoms with Crippen LogP contribution < -0.4 is 10.1 Å². The Morgan fingerprint density at radius 1 is 0.903 bits per heavy atom. The Morgan fingerprint density at radius 3 is 2.35 bits per heavy atom. The zero-order chi connectivity index (χ0) is 21.5. The first-order valence-corrected chi connectivity index (χ1v) is 11.0. The lowest BCUT2D eigenvalue weighted by molar-refractivity contribution is 0.0951. The van der Waals surface area contributed by atoms with Crippen molar-refractivity contribution in [3.8, 4) is 22.9 Å². The molecule has 1 amide bonds. The fourth-order valence-corrected chi connectivity index (χ4v) is 3.39. The van der Waals surface area contributed by atoms with Gasteiger partial charge >= 0.3 is 6.01 Å². The summed E-state index contributed by atoms with van der Waals surface area (Å²) in [7, 11) is 0. The minimum atomic E-state index is -0.124. The van der Waals surface area contributed by atoms with Crippen LogP contribution in [0.15, 0.2) is 96.2 Å². The fraction of sp³-hybridized carbons (Fsp3) is 0.0800. The molecule has 0 atom stereocenters. The van der Waals surface area contributed by atoms with Crippen molar-refractivity contribution >= 4 is 17.7 Å². The first-order chi connectivity index (χ1) is 15.2. The number of nitrogens with one attached hydrogen (secondary N) is 1. The standard InChI is InChI=1S/C25H21N3O2S/c1-31-23-12-10-18(11-13-23)15-26-24(29)20-7-5-6-19(14-20)21-16-27-25(28-17-21)30-22-8-3-2-4-9-22/h2-14,16-17H,15H2,1H3,(H,26,29). The molecular formula is C25H21N3O2S. The molecule has 0 fully saturated rings. The third-order valence-corrected chi connectivity index (χ3v) is 5.39. The van der Waals surface area contributed by atoms with Crippen LogP contribution in [-0.2, 0) is 6.54 Å². The molecule has 1 N–H and O–H groups in total. The molecular weight excluding hydrogens is 406 g/mol. The van der Waals surface area contributed by atoms with Gasteiger partial charge in [-0.25, -0.2) is 9.97 Å². The molecule has 1 heterocycles. The average Bonchev–Trinajstić information content (AvgIpc) is 2.84. The van der Waals surface area contributed by atoms with E-state index < -0.39 is 0 Å². The number of nitrogens with zero attached hydrogens (tertiary/aromatic N) is 2. The van der Waals surface area contributed by atoms with Gasteiger partial charge in [0.2, 0.25) is 0 Å². The van der Waals surface area contributed by atoms with E-state index >= 15 is 0 Å². The molecule has 0 spiro atoms. The molecule has 3 aromatic carbocycles. The number of rotatable bonds is 7. The second kappa shape index (κ2) is 9.91. The van der Waals surface area contributed by atoms with Gasteiger partial charge in [-0.2, -0.15) is 0 Å². The molecule has 4 rings (SSSR count). The van der Waals surface area contributed by atoms with Crippen molar-refractivity contribution in [2.75, 3.05) is 6.26 Å². The van der Waals surface area contributed by atoms with Crippen molar-refractivity contribution in [2.45, 2.75) is 11.4 Å². The second-order valence-corrected chi connectivity index (χ2v) is 7.66. The number of ether oxygens (including phenoxy) is 1. The number of carbonyl (C=O) groups excluding carboxylic acids is 1. The third-order valence-electron chi connectivity index (χ3n) is 4.65. The van der Waals surface area contributed by atoms with Crippen LogP contribution in [0.1, 0.15) is 15.9 Å². The molecule has 0 aliphatic rings. The van der Waals surface area contributed by atoms with E-state index in [1.54, 1.807) is 30.2 Å². The lowest BCUT2D eigenvalue weighted by Crippen LogP contribution is -2.22. The van der Waals surface area contributed by atoms with Crippen molar-refractivity contribution in [2.24, 2.45) is 0 Å². The van der Waals surface area contributed by atoms with Gasteiger partial charge in [0.1, 0.15) is 5.75 Å². The Labute approximate surface area is 185 Å². The van der Waals surface area contributed by atoms with Crippen molar-refractivity contribution in [1.29, 1.82) is 0 Å². The summed E-state index contributed by atoms with van der Waals surface area (Å²) in [5.41, 5.74) is 3.32. The molecule has 0 unspecified atom stereocenters. The molecule has 0 aliphatic heterocycles. The number of hydrogen-bond acceptors (Lipinski definition) is 5. The summed E-state index contributed by atoms with van der Waals surface area (Å²) < 4.78 is 5.63. The quantitative estimate of drug-likeness (QED) is 0.390. The molecule has 0 radical (unpaired) electrons. The van der Waals surface area contributed by atoms with Crippen molar-refractivity contribution < 1.29 is 9.53 Å². The normalized spacial score (nSPS) is 10.5. The van der Waals surface area contributed by atoms with Gasteiger partial charge in [-0.1, -0.05) is 42.5 Å². The molecule has 154 valence electrons. The highest BCUT2D eigenvalue weighted by atomic mass is 32.2. The van der Waals surface area contributed by atoms with Crippen LogP contribution in [0.3, 0.4) is 0 Å². The van der Waals surface area contributed by atoms with Crippen LogP contribution in [0.25, 0.3) is 11.1 Å². The number of para-hydroxylation sites is 1. The topological polar surface area (TPSA) is 64.1 Å². The Morgan fingerprint density at radius 2 is 1.65 bits per heavy atom. The minimum absolute atomic E-state index is 0.124. The van der Waals surface area contributed by atoms with Gasteiger partial charge in [-0.15, -0.1) is 11.8 Å². The highest BCUT2D eigenvalue weighted by Gasteiger charge is 2.09. The zero-order valence-corrected chi connectivity index (χ0v) is 17.8. The Bertz CT molecular complexity index is 1150. The van der Waals surface area contributed by atoms with Gasteiger partial charge in [-0.05, 0) is 53.8 Å². The Balaban J connectivity index is 1.41. The number of benzene rings is 3. The summed E-state index contributed by atoms with van der Waals surface area (Å²) in [6.07, 6.45) is 5.42. The molecule has 0 bridgehead atoms. The predicted molar refractivity (Wildman–Crippen MR) is 123 cm³/mol. The summed E-state index contributed by atoms with van der Waals surface area (Å²) >= 11 is 1.69. The molecule has 5 nitrogen and oxygen atoms in total. The van der Waals surface area contributed by atoms with Gasteiger partial charge < -0.3 is 10.1 Å². The van der Waals surface area contributed by atoms with E-state index in [0.717, 1.165) is 16.7 Å². The molecule has 0 saturated carbocycles.